The molecule has 9 heterocycles. The smallest absolute Gasteiger partial charge is 0.291 e. The van der Waals surface area contributed by atoms with Crippen molar-refractivity contribution in [3.05, 3.63) is 178 Å². The summed E-state index contributed by atoms with van der Waals surface area (Å²) in [6.07, 6.45) is 10.0. The Morgan fingerprint density at radius 3 is 0.952 bits per heavy atom. The molecule has 6 N–H and O–H groups in total. The van der Waals surface area contributed by atoms with Gasteiger partial charge in [-0.15, -0.1) is 15.3 Å². The molecule has 0 bridgehead atoms. The standard InChI is InChI=1S/3C19H21N7O2/c3*1-25-15-11-20-26(2)14(15)9-8-13(19(25)28)21-18(27)17-22-16(23-24-17)10-12-6-4-3-5-7-12/h3*3-7,11,13H,8-10H2,1-2H3,(H,21,27)(H,22,23,24)/t2*13-;/m10./s1. The number of aromatic amines is 3. The number of hydrogen-bond acceptors (Lipinski definition) is 15. The zero-order valence-corrected chi connectivity index (χ0v) is 47.1. The molecule has 0 fully saturated rings. The van der Waals surface area contributed by atoms with Crippen molar-refractivity contribution in [2.45, 2.75) is 75.9 Å². The van der Waals surface area contributed by atoms with E-state index < -0.39 is 35.8 Å². The second-order valence-corrected chi connectivity index (χ2v) is 20.5. The number of carbonyl (C=O) groups is 6. The number of aryl methyl sites for hydroxylation is 3. The topological polar surface area (TPSA) is 326 Å². The van der Waals surface area contributed by atoms with Crippen molar-refractivity contribution in [3.63, 3.8) is 0 Å². The van der Waals surface area contributed by atoms with Crippen LogP contribution in [0.3, 0.4) is 0 Å². The Morgan fingerprint density at radius 2 is 0.690 bits per heavy atom. The van der Waals surface area contributed by atoms with Crippen LogP contribution in [-0.4, -0.2) is 150 Å². The number of amides is 6. The van der Waals surface area contributed by atoms with Crippen molar-refractivity contribution in [1.29, 1.82) is 0 Å². The van der Waals surface area contributed by atoms with E-state index in [2.05, 4.69) is 76.8 Å². The van der Waals surface area contributed by atoms with Gasteiger partial charge in [0.1, 0.15) is 35.6 Å². The number of rotatable bonds is 12. The molecule has 9 aromatic rings. The third kappa shape index (κ3) is 12.8. The monoisotopic (exact) mass is 1140 g/mol. The van der Waals surface area contributed by atoms with E-state index in [4.69, 9.17) is 0 Å². The van der Waals surface area contributed by atoms with Crippen LogP contribution in [0, 0.1) is 0 Å². The van der Waals surface area contributed by atoms with Crippen molar-refractivity contribution in [3.8, 4) is 0 Å². The summed E-state index contributed by atoms with van der Waals surface area (Å²) in [5, 5.41) is 41.3. The number of fused-ring (bicyclic) bond motifs is 3. The van der Waals surface area contributed by atoms with Gasteiger partial charge in [-0.25, -0.2) is 15.0 Å². The molecule has 0 aliphatic carbocycles. The van der Waals surface area contributed by atoms with Gasteiger partial charge in [-0.05, 0) is 55.2 Å². The molecule has 12 rings (SSSR count). The fourth-order valence-electron chi connectivity index (χ4n) is 10.2. The molecule has 3 atom stereocenters. The highest BCUT2D eigenvalue weighted by Gasteiger charge is 2.35. The lowest BCUT2D eigenvalue weighted by molar-refractivity contribution is -0.120. The quantitative estimate of drug-likeness (QED) is 0.102. The fourth-order valence-corrected chi connectivity index (χ4v) is 10.2. The molecule has 0 spiro atoms. The van der Waals surface area contributed by atoms with Gasteiger partial charge in [0.2, 0.25) is 35.2 Å². The molecule has 0 saturated heterocycles. The summed E-state index contributed by atoms with van der Waals surface area (Å²) in [5.74, 6) is -0.0542. The zero-order valence-electron chi connectivity index (χ0n) is 47.1. The first-order valence-electron chi connectivity index (χ1n) is 27.2. The van der Waals surface area contributed by atoms with E-state index in [-0.39, 0.29) is 35.2 Å². The molecule has 432 valence electrons. The minimum atomic E-state index is -0.638. The Kier molecular flexibility index (Phi) is 17.0. The molecule has 84 heavy (non-hydrogen) atoms. The van der Waals surface area contributed by atoms with Gasteiger partial charge in [-0.3, -0.25) is 58.1 Å². The van der Waals surface area contributed by atoms with Gasteiger partial charge in [0, 0.05) is 61.5 Å². The summed E-state index contributed by atoms with van der Waals surface area (Å²) in [5.41, 5.74) is 8.42. The maximum absolute atomic E-state index is 12.8. The average molecular weight is 1140 g/mol. The number of H-pyrrole nitrogens is 3. The molecular formula is C57H63N21O6. The lowest BCUT2D eigenvalue weighted by atomic mass is 10.1. The molecule has 0 saturated carbocycles. The van der Waals surface area contributed by atoms with Gasteiger partial charge in [0.05, 0.1) is 52.7 Å². The number of aromatic nitrogens is 15. The van der Waals surface area contributed by atoms with Crippen molar-refractivity contribution in [2.24, 2.45) is 21.1 Å². The largest absolute Gasteiger partial charge is 0.337 e. The summed E-state index contributed by atoms with van der Waals surface area (Å²) in [7, 11) is 10.6. The summed E-state index contributed by atoms with van der Waals surface area (Å²) >= 11 is 0. The first-order chi connectivity index (χ1) is 40.6. The van der Waals surface area contributed by atoms with Crippen LogP contribution in [0.25, 0.3) is 0 Å². The Balaban J connectivity index is 0.000000140. The number of benzene rings is 3. The highest BCUT2D eigenvalue weighted by molar-refractivity contribution is 6.03. The Hall–Kier alpha value is -10.5. The van der Waals surface area contributed by atoms with Crippen molar-refractivity contribution < 1.29 is 28.8 Å². The van der Waals surface area contributed by atoms with E-state index in [0.717, 1.165) is 50.8 Å². The highest BCUT2D eigenvalue weighted by atomic mass is 16.2. The number of carbonyl (C=O) groups excluding carboxylic acids is 6. The van der Waals surface area contributed by atoms with Gasteiger partial charge in [-0.2, -0.15) is 15.3 Å². The Labute approximate surface area is 481 Å². The summed E-state index contributed by atoms with van der Waals surface area (Å²) < 4.78 is 5.28. The van der Waals surface area contributed by atoms with Gasteiger partial charge in [0.15, 0.2) is 0 Å². The Bertz CT molecular complexity index is 3420. The van der Waals surface area contributed by atoms with E-state index >= 15 is 0 Å². The number of hydrogen-bond donors (Lipinski definition) is 6. The lowest BCUT2D eigenvalue weighted by Crippen LogP contribution is -2.47. The first kappa shape index (κ1) is 56.8. The van der Waals surface area contributed by atoms with E-state index in [1.165, 1.54) is 0 Å². The SMILES string of the molecule is CN1C(=O)C(NC(=O)c2n[nH]c(Cc3ccccc3)n2)CCc2c1cnn2C.CN1C(=O)[C@@H](NC(=O)c2n[nH]c(Cc3ccccc3)n2)CCc2c1cnn2C.CN1C(=O)[C@H](NC(=O)c2n[nH]c(Cc3ccccc3)n2)CCc2c1cnn2C. The Morgan fingerprint density at radius 1 is 0.429 bits per heavy atom. The average Bonchev–Trinajstić information content (AvgIpc) is 4.49. The number of anilines is 3. The minimum absolute atomic E-state index is 0.0322. The first-order valence-corrected chi connectivity index (χ1v) is 27.2. The second kappa shape index (κ2) is 25.1. The van der Waals surface area contributed by atoms with Crippen molar-refractivity contribution in [2.75, 3.05) is 35.8 Å². The van der Waals surface area contributed by atoms with E-state index in [0.29, 0.717) is 75.3 Å². The number of likely N-dealkylation sites (N-methyl/N-ethyl adjacent to an activating group) is 3. The summed E-state index contributed by atoms with van der Waals surface area (Å²) in [4.78, 5) is 93.4. The molecule has 1 unspecified atom stereocenters. The molecule has 6 amide bonds. The van der Waals surface area contributed by atoms with Crippen LogP contribution in [0.4, 0.5) is 17.1 Å². The van der Waals surface area contributed by atoms with E-state index in [1.54, 1.807) is 68.5 Å². The second-order valence-electron chi connectivity index (χ2n) is 20.5. The molecule has 0 radical (unpaired) electrons. The molecule has 27 nitrogen and oxygen atoms in total. The van der Waals surface area contributed by atoms with Crippen molar-refractivity contribution >= 4 is 52.5 Å². The number of nitrogens with one attached hydrogen (secondary N) is 6. The third-order valence-electron chi connectivity index (χ3n) is 14.9. The molecule has 6 aromatic heterocycles. The maximum Gasteiger partial charge on any atom is 0.291 e. The van der Waals surface area contributed by atoms with Crippen LogP contribution in [0.2, 0.25) is 0 Å². The van der Waals surface area contributed by atoms with Crippen LogP contribution in [0.5, 0.6) is 0 Å². The van der Waals surface area contributed by atoms with Crippen LogP contribution in [0.1, 0.15) is 102 Å². The van der Waals surface area contributed by atoms with Gasteiger partial charge >= 0.3 is 0 Å². The molecular weight excluding hydrogens is 1070 g/mol. The lowest BCUT2D eigenvalue weighted by Gasteiger charge is -2.20. The van der Waals surface area contributed by atoms with E-state index in [1.807, 2.05) is 112 Å². The fraction of sp³-hybridized carbons (Fsp3) is 0.316. The van der Waals surface area contributed by atoms with Crippen LogP contribution < -0.4 is 30.7 Å². The number of nitrogens with zero attached hydrogens (tertiary/aromatic N) is 15. The minimum Gasteiger partial charge on any atom is -0.337 e. The highest BCUT2D eigenvalue weighted by Crippen LogP contribution is 2.28. The maximum atomic E-state index is 12.8. The zero-order chi connectivity index (χ0) is 59.0. The van der Waals surface area contributed by atoms with Gasteiger partial charge in [0.25, 0.3) is 17.7 Å². The van der Waals surface area contributed by atoms with Crippen LogP contribution in [0.15, 0.2) is 110 Å². The van der Waals surface area contributed by atoms with Crippen molar-refractivity contribution in [1.82, 2.24) is 90.8 Å². The van der Waals surface area contributed by atoms with Gasteiger partial charge < -0.3 is 30.7 Å². The predicted molar refractivity (Wildman–Crippen MR) is 305 cm³/mol. The van der Waals surface area contributed by atoms with Crippen LogP contribution >= 0.6 is 0 Å². The van der Waals surface area contributed by atoms with Gasteiger partial charge in [-0.1, -0.05) is 91.0 Å². The van der Waals surface area contributed by atoms with E-state index in [9.17, 15) is 28.8 Å². The third-order valence-corrected chi connectivity index (χ3v) is 14.9. The normalized spacial score (nSPS) is 16.6. The molecule has 3 aromatic carbocycles. The molecule has 3 aliphatic heterocycles. The van der Waals surface area contributed by atoms with Crippen LogP contribution in [-0.2, 0) is 74.1 Å². The summed E-state index contributed by atoms with van der Waals surface area (Å²) in [6, 6.07) is 27.5. The summed E-state index contributed by atoms with van der Waals surface area (Å²) in [6.45, 7) is 0. The molecule has 3 aliphatic rings. The predicted octanol–water partition coefficient (Wildman–Crippen LogP) is 2.51. The molecule has 27 heteroatoms.